The SMILES string of the molecule is CN(C)c1ccc(NC(=O)CNC(=O)Cc2cccc(Br)c2)cc1. The second-order valence-electron chi connectivity index (χ2n) is 5.57. The van der Waals surface area contributed by atoms with Crippen LogP contribution in [0.5, 0.6) is 0 Å². The van der Waals surface area contributed by atoms with Gasteiger partial charge in [0.05, 0.1) is 13.0 Å². The van der Waals surface area contributed by atoms with Crippen molar-refractivity contribution in [1.82, 2.24) is 5.32 Å². The summed E-state index contributed by atoms with van der Waals surface area (Å²) in [7, 11) is 3.91. The number of benzene rings is 2. The van der Waals surface area contributed by atoms with E-state index in [0.29, 0.717) is 5.69 Å². The Morgan fingerprint density at radius 2 is 1.75 bits per heavy atom. The van der Waals surface area contributed by atoms with Crippen LogP contribution in [0, 0.1) is 0 Å². The average molecular weight is 390 g/mol. The molecule has 0 aromatic heterocycles. The van der Waals surface area contributed by atoms with E-state index in [1.807, 2.05) is 67.5 Å². The van der Waals surface area contributed by atoms with E-state index in [1.165, 1.54) is 0 Å². The molecule has 2 aromatic carbocycles. The van der Waals surface area contributed by atoms with Gasteiger partial charge in [-0.15, -0.1) is 0 Å². The molecule has 24 heavy (non-hydrogen) atoms. The minimum absolute atomic E-state index is 0.0533. The maximum Gasteiger partial charge on any atom is 0.243 e. The summed E-state index contributed by atoms with van der Waals surface area (Å²) in [5.74, 6) is -0.443. The Bertz CT molecular complexity index is 714. The summed E-state index contributed by atoms with van der Waals surface area (Å²) in [4.78, 5) is 25.8. The molecule has 0 saturated carbocycles. The van der Waals surface area contributed by atoms with Gasteiger partial charge >= 0.3 is 0 Å². The van der Waals surface area contributed by atoms with E-state index < -0.39 is 0 Å². The lowest BCUT2D eigenvalue weighted by atomic mass is 10.1. The molecule has 5 nitrogen and oxygen atoms in total. The van der Waals surface area contributed by atoms with Crippen LogP contribution in [0.4, 0.5) is 11.4 Å². The van der Waals surface area contributed by atoms with Crippen LogP contribution in [0.2, 0.25) is 0 Å². The number of anilines is 2. The minimum atomic E-state index is -0.254. The Labute approximate surface area is 150 Å². The topological polar surface area (TPSA) is 61.4 Å². The van der Waals surface area contributed by atoms with Gasteiger partial charge in [-0.05, 0) is 42.0 Å². The quantitative estimate of drug-likeness (QED) is 0.798. The Balaban J connectivity index is 1.79. The Morgan fingerprint density at radius 3 is 2.38 bits per heavy atom. The molecule has 2 rings (SSSR count). The van der Waals surface area contributed by atoms with Crippen molar-refractivity contribution in [2.45, 2.75) is 6.42 Å². The maximum absolute atomic E-state index is 11.9. The van der Waals surface area contributed by atoms with Gasteiger partial charge in [-0.3, -0.25) is 9.59 Å². The van der Waals surface area contributed by atoms with Crippen molar-refractivity contribution in [3.8, 4) is 0 Å². The zero-order chi connectivity index (χ0) is 17.5. The van der Waals surface area contributed by atoms with Crippen LogP contribution < -0.4 is 15.5 Å². The Hall–Kier alpha value is -2.34. The van der Waals surface area contributed by atoms with Gasteiger partial charge in [0, 0.05) is 29.9 Å². The number of nitrogens with zero attached hydrogens (tertiary/aromatic N) is 1. The summed E-state index contributed by atoms with van der Waals surface area (Å²) in [5.41, 5.74) is 2.64. The highest BCUT2D eigenvalue weighted by molar-refractivity contribution is 9.10. The van der Waals surface area contributed by atoms with E-state index in [4.69, 9.17) is 0 Å². The third-order valence-electron chi connectivity index (χ3n) is 3.37. The van der Waals surface area contributed by atoms with Gasteiger partial charge in [0.2, 0.25) is 11.8 Å². The van der Waals surface area contributed by atoms with Crippen LogP contribution in [0.15, 0.2) is 53.0 Å². The molecule has 0 fully saturated rings. The standard InChI is InChI=1S/C18H20BrN3O2/c1-22(2)16-8-6-15(7-9-16)21-18(24)12-20-17(23)11-13-4-3-5-14(19)10-13/h3-10H,11-12H2,1-2H3,(H,20,23)(H,21,24). The van der Waals surface area contributed by atoms with Gasteiger partial charge in [-0.1, -0.05) is 28.1 Å². The molecule has 2 N–H and O–H groups in total. The van der Waals surface area contributed by atoms with Gasteiger partial charge in [0.15, 0.2) is 0 Å². The van der Waals surface area contributed by atoms with E-state index in [-0.39, 0.29) is 24.8 Å². The van der Waals surface area contributed by atoms with E-state index in [0.717, 1.165) is 15.7 Å². The number of carbonyl (C=O) groups excluding carboxylic acids is 2. The fourth-order valence-corrected chi connectivity index (χ4v) is 2.57. The monoisotopic (exact) mass is 389 g/mol. The van der Waals surface area contributed by atoms with Gasteiger partial charge in [0.1, 0.15) is 0 Å². The predicted octanol–water partition coefficient (Wildman–Crippen LogP) is 2.81. The largest absolute Gasteiger partial charge is 0.378 e. The van der Waals surface area contributed by atoms with Crippen molar-refractivity contribution in [1.29, 1.82) is 0 Å². The molecule has 2 aromatic rings. The molecule has 0 aliphatic carbocycles. The lowest BCUT2D eigenvalue weighted by Gasteiger charge is -2.13. The van der Waals surface area contributed by atoms with Crippen LogP contribution in [0.1, 0.15) is 5.56 Å². The second kappa shape index (κ2) is 8.49. The second-order valence-corrected chi connectivity index (χ2v) is 6.49. The molecule has 2 amide bonds. The van der Waals surface area contributed by atoms with Gasteiger partial charge in [0.25, 0.3) is 0 Å². The van der Waals surface area contributed by atoms with Gasteiger partial charge < -0.3 is 15.5 Å². The van der Waals surface area contributed by atoms with Crippen molar-refractivity contribution in [3.63, 3.8) is 0 Å². The Morgan fingerprint density at radius 1 is 1.04 bits per heavy atom. The third-order valence-corrected chi connectivity index (χ3v) is 3.86. The highest BCUT2D eigenvalue weighted by atomic mass is 79.9. The number of carbonyl (C=O) groups is 2. The predicted molar refractivity (Wildman–Crippen MR) is 100 cm³/mol. The van der Waals surface area contributed by atoms with E-state index in [9.17, 15) is 9.59 Å². The third kappa shape index (κ3) is 5.70. The molecule has 0 saturated heterocycles. The molecule has 0 heterocycles. The van der Waals surface area contributed by atoms with Crippen molar-refractivity contribution < 1.29 is 9.59 Å². The van der Waals surface area contributed by atoms with Crippen molar-refractivity contribution in [2.24, 2.45) is 0 Å². The van der Waals surface area contributed by atoms with Crippen LogP contribution in [0.3, 0.4) is 0 Å². The highest BCUT2D eigenvalue weighted by Gasteiger charge is 2.07. The van der Waals surface area contributed by atoms with Gasteiger partial charge in [-0.2, -0.15) is 0 Å². The molecule has 6 heteroatoms. The first-order valence-electron chi connectivity index (χ1n) is 7.52. The number of hydrogen-bond acceptors (Lipinski definition) is 3. The number of hydrogen-bond donors (Lipinski definition) is 2. The number of amides is 2. The van der Waals surface area contributed by atoms with Crippen LogP contribution >= 0.6 is 15.9 Å². The summed E-state index contributed by atoms with van der Waals surface area (Å²) >= 11 is 3.37. The normalized spacial score (nSPS) is 10.1. The fraction of sp³-hybridized carbons (Fsp3) is 0.222. The first-order valence-corrected chi connectivity index (χ1v) is 8.32. The molecule has 126 valence electrons. The Kier molecular flexibility index (Phi) is 6.37. The molecular weight excluding hydrogens is 370 g/mol. The fourth-order valence-electron chi connectivity index (χ4n) is 2.12. The van der Waals surface area contributed by atoms with E-state index in [1.54, 1.807) is 0 Å². The summed E-state index contributed by atoms with van der Waals surface area (Å²) in [6.45, 7) is -0.0533. The maximum atomic E-state index is 11.9. The zero-order valence-electron chi connectivity index (χ0n) is 13.7. The molecule has 0 aliphatic rings. The van der Waals surface area contributed by atoms with Crippen molar-refractivity contribution in [3.05, 3.63) is 58.6 Å². The van der Waals surface area contributed by atoms with Crippen LogP contribution in [-0.4, -0.2) is 32.5 Å². The summed E-state index contributed by atoms with van der Waals surface area (Å²) < 4.78 is 0.923. The number of halogens is 1. The van der Waals surface area contributed by atoms with Crippen LogP contribution in [0.25, 0.3) is 0 Å². The number of nitrogens with one attached hydrogen (secondary N) is 2. The molecule has 0 atom stereocenters. The van der Waals surface area contributed by atoms with Crippen molar-refractivity contribution >= 4 is 39.1 Å². The lowest BCUT2D eigenvalue weighted by molar-refractivity contribution is -0.123. The summed E-state index contributed by atoms with van der Waals surface area (Å²) in [5, 5.41) is 5.38. The first-order chi connectivity index (χ1) is 11.4. The molecule has 0 radical (unpaired) electrons. The molecular formula is C18H20BrN3O2. The lowest BCUT2D eigenvalue weighted by Crippen LogP contribution is -2.33. The molecule has 0 spiro atoms. The summed E-state index contributed by atoms with van der Waals surface area (Å²) in [6.07, 6.45) is 0.240. The van der Waals surface area contributed by atoms with Crippen LogP contribution in [-0.2, 0) is 16.0 Å². The van der Waals surface area contributed by atoms with E-state index in [2.05, 4.69) is 26.6 Å². The minimum Gasteiger partial charge on any atom is -0.378 e. The number of rotatable bonds is 6. The zero-order valence-corrected chi connectivity index (χ0v) is 15.3. The molecule has 0 bridgehead atoms. The van der Waals surface area contributed by atoms with Gasteiger partial charge in [-0.25, -0.2) is 0 Å². The first kappa shape index (κ1) is 18.0. The smallest absolute Gasteiger partial charge is 0.243 e. The highest BCUT2D eigenvalue weighted by Crippen LogP contribution is 2.15. The average Bonchev–Trinajstić information content (AvgIpc) is 2.53. The van der Waals surface area contributed by atoms with E-state index >= 15 is 0 Å². The molecule has 0 unspecified atom stereocenters. The van der Waals surface area contributed by atoms with Crippen molar-refractivity contribution in [2.75, 3.05) is 30.9 Å². The molecule has 0 aliphatic heterocycles. The summed E-state index contributed by atoms with van der Waals surface area (Å²) in [6, 6.07) is 15.0.